The van der Waals surface area contributed by atoms with E-state index in [1.54, 1.807) is 12.1 Å². The Bertz CT molecular complexity index is 892. The fourth-order valence-electron chi connectivity index (χ4n) is 2.91. The normalized spacial score (nSPS) is 13.4. The second kappa shape index (κ2) is 6.76. The Morgan fingerprint density at radius 3 is 2.36 bits per heavy atom. The largest absolute Gasteiger partial charge is 0.323 e. The van der Waals surface area contributed by atoms with E-state index < -0.39 is 10.0 Å². The Morgan fingerprint density at radius 1 is 1.08 bits per heavy atom. The Labute approximate surface area is 147 Å². The molecular formula is C18H21N3O3S. The summed E-state index contributed by atoms with van der Waals surface area (Å²) in [6.45, 7) is 2.52. The van der Waals surface area contributed by atoms with Crippen molar-refractivity contribution in [3.05, 3.63) is 53.6 Å². The number of aryl methyl sites for hydroxylation is 1. The van der Waals surface area contributed by atoms with Crippen molar-refractivity contribution in [3.63, 3.8) is 0 Å². The van der Waals surface area contributed by atoms with Gasteiger partial charge in [-0.05, 0) is 54.3 Å². The Morgan fingerprint density at radius 2 is 1.72 bits per heavy atom. The molecule has 0 aromatic heterocycles. The highest BCUT2D eigenvalue weighted by Gasteiger charge is 2.26. The standard InChI is InChI=1S/C18H21N3O3S/c1-3-13-4-6-15(7-5-13)19-18(22)20-16-8-9-17-14(12-16)10-11-21(17)25(2,23)24/h4-9,12H,3,10-11H2,1-2H3,(H2,19,20,22). The molecule has 1 heterocycles. The summed E-state index contributed by atoms with van der Waals surface area (Å²) >= 11 is 0. The molecular weight excluding hydrogens is 338 g/mol. The van der Waals surface area contributed by atoms with Crippen LogP contribution >= 0.6 is 0 Å². The maximum atomic E-state index is 12.1. The number of carbonyl (C=O) groups excluding carboxylic acids is 1. The van der Waals surface area contributed by atoms with Gasteiger partial charge < -0.3 is 10.6 Å². The highest BCUT2D eigenvalue weighted by molar-refractivity contribution is 7.92. The number of amides is 2. The van der Waals surface area contributed by atoms with Crippen LogP contribution in [0.25, 0.3) is 0 Å². The molecule has 2 aromatic carbocycles. The molecule has 0 unspecified atom stereocenters. The number of carbonyl (C=O) groups is 1. The summed E-state index contributed by atoms with van der Waals surface area (Å²) in [5.41, 5.74) is 4.16. The van der Waals surface area contributed by atoms with Gasteiger partial charge in [-0.25, -0.2) is 13.2 Å². The van der Waals surface area contributed by atoms with Crippen LogP contribution in [0.5, 0.6) is 0 Å². The van der Waals surface area contributed by atoms with Crippen LogP contribution in [0.1, 0.15) is 18.1 Å². The molecule has 0 atom stereocenters. The van der Waals surface area contributed by atoms with Gasteiger partial charge in [0.25, 0.3) is 0 Å². The summed E-state index contributed by atoms with van der Waals surface area (Å²) in [5.74, 6) is 0. The lowest BCUT2D eigenvalue weighted by Gasteiger charge is -2.16. The maximum Gasteiger partial charge on any atom is 0.323 e. The van der Waals surface area contributed by atoms with E-state index in [1.807, 2.05) is 30.3 Å². The topological polar surface area (TPSA) is 78.5 Å². The quantitative estimate of drug-likeness (QED) is 0.880. The van der Waals surface area contributed by atoms with E-state index in [2.05, 4.69) is 17.6 Å². The zero-order chi connectivity index (χ0) is 18.0. The maximum absolute atomic E-state index is 12.1. The van der Waals surface area contributed by atoms with Crippen molar-refractivity contribution in [2.75, 3.05) is 27.7 Å². The van der Waals surface area contributed by atoms with Crippen LogP contribution in [-0.2, 0) is 22.9 Å². The fraction of sp³-hybridized carbons (Fsp3) is 0.278. The highest BCUT2D eigenvalue weighted by Crippen LogP contribution is 2.32. The fourth-order valence-corrected chi connectivity index (χ4v) is 3.87. The number of nitrogens with zero attached hydrogens (tertiary/aromatic N) is 1. The highest BCUT2D eigenvalue weighted by atomic mass is 32.2. The molecule has 2 N–H and O–H groups in total. The zero-order valence-electron chi connectivity index (χ0n) is 14.2. The summed E-state index contributed by atoms with van der Waals surface area (Å²) < 4.78 is 24.9. The van der Waals surface area contributed by atoms with E-state index >= 15 is 0 Å². The van der Waals surface area contributed by atoms with E-state index in [4.69, 9.17) is 0 Å². The lowest BCUT2D eigenvalue weighted by atomic mass is 10.1. The van der Waals surface area contributed by atoms with E-state index in [0.29, 0.717) is 24.3 Å². The SMILES string of the molecule is CCc1ccc(NC(=O)Nc2ccc3c(c2)CCN3S(C)(=O)=O)cc1. The molecule has 0 saturated carbocycles. The number of nitrogens with one attached hydrogen (secondary N) is 2. The Balaban J connectivity index is 1.68. The molecule has 2 aromatic rings. The van der Waals surface area contributed by atoms with Crippen molar-refractivity contribution >= 4 is 33.1 Å². The van der Waals surface area contributed by atoms with E-state index in [-0.39, 0.29) is 6.03 Å². The number of hydrogen-bond acceptors (Lipinski definition) is 3. The van der Waals surface area contributed by atoms with Crippen LogP contribution < -0.4 is 14.9 Å². The average Bonchev–Trinajstić information content (AvgIpc) is 2.99. The zero-order valence-corrected chi connectivity index (χ0v) is 15.1. The molecule has 7 heteroatoms. The molecule has 1 aliphatic heterocycles. The first kappa shape index (κ1) is 17.3. The molecule has 0 radical (unpaired) electrons. The molecule has 0 saturated heterocycles. The van der Waals surface area contributed by atoms with Gasteiger partial charge >= 0.3 is 6.03 Å². The molecule has 0 fully saturated rings. The second-order valence-corrected chi connectivity index (χ2v) is 7.97. The van der Waals surface area contributed by atoms with Crippen molar-refractivity contribution in [1.82, 2.24) is 0 Å². The minimum Gasteiger partial charge on any atom is -0.308 e. The molecule has 25 heavy (non-hydrogen) atoms. The van der Waals surface area contributed by atoms with Gasteiger partial charge in [-0.15, -0.1) is 0 Å². The van der Waals surface area contributed by atoms with Crippen molar-refractivity contribution < 1.29 is 13.2 Å². The summed E-state index contributed by atoms with van der Waals surface area (Å²) in [6.07, 6.45) is 2.79. The van der Waals surface area contributed by atoms with Crippen LogP contribution in [0.3, 0.4) is 0 Å². The van der Waals surface area contributed by atoms with Gasteiger partial charge in [-0.3, -0.25) is 4.31 Å². The molecule has 0 aliphatic carbocycles. The molecule has 2 amide bonds. The van der Waals surface area contributed by atoms with Gasteiger partial charge in [0, 0.05) is 17.9 Å². The van der Waals surface area contributed by atoms with Crippen molar-refractivity contribution in [1.29, 1.82) is 0 Å². The van der Waals surface area contributed by atoms with Gasteiger partial charge in [0.15, 0.2) is 0 Å². The number of urea groups is 1. The molecule has 3 rings (SSSR count). The third-order valence-electron chi connectivity index (χ3n) is 4.21. The number of rotatable bonds is 4. The predicted octanol–water partition coefficient (Wildman–Crippen LogP) is 3.22. The summed E-state index contributed by atoms with van der Waals surface area (Å²) in [4.78, 5) is 12.1. The molecule has 0 spiro atoms. The van der Waals surface area contributed by atoms with Gasteiger partial charge in [-0.2, -0.15) is 0 Å². The molecule has 0 bridgehead atoms. The van der Waals surface area contributed by atoms with Crippen molar-refractivity contribution in [2.24, 2.45) is 0 Å². The van der Waals surface area contributed by atoms with Gasteiger partial charge in [-0.1, -0.05) is 19.1 Å². The third-order valence-corrected chi connectivity index (χ3v) is 5.39. The average molecular weight is 359 g/mol. The van der Waals surface area contributed by atoms with Crippen molar-refractivity contribution in [2.45, 2.75) is 19.8 Å². The monoisotopic (exact) mass is 359 g/mol. The number of fused-ring (bicyclic) bond motifs is 1. The third kappa shape index (κ3) is 3.93. The lowest BCUT2D eigenvalue weighted by molar-refractivity contribution is 0.262. The lowest BCUT2D eigenvalue weighted by Crippen LogP contribution is -2.27. The van der Waals surface area contributed by atoms with Gasteiger partial charge in [0.05, 0.1) is 11.9 Å². The van der Waals surface area contributed by atoms with Crippen LogP contribution in [0.4, 0.5) is 21.9 Å². The minimum absolute atomic E-state index is 0.331. The summed E-state index contributed by atoms with van der Waals surface area (Å²) in [7, 11) is -3.26. The van der Waals surface area contributed by atoms with Crippen LogP contribution in [-0.4, -0.2) is 27.2 Å². The minimum atomic E-state index is -3.26. The first-order valence-electron chi connectivity index (χ1n) is 8.14. The van der Waals surface area contributed by atoms with E-state index in [0.717, 1.165) is 17.7 Å². The predicted molar refractivity (Wildman–Crippen MR) is 101 cm³/mol. The van der Waals surface area contributed by atoms with Gasteiger partial charge in [0.1, 0.15) is 0 Å². The van der Waals surface area contributed by atoms with E-state index in [1.165, 1.54) is 16.1 Å². The molecule has 1 aliphatic rings. The van der Waals surface area contributed by atoms with Crippen LogP contribution in [0.2, 0.25) is 0 Å². The Hall–Kier alpha value is -2.54. The van der Waals surface area contributed by atoms with Crippen molar-refractivity contribution in [3.8, 4) is 0 Å². The Kier molecular flexibility index (Phi) is 4.67. The number of benzene rings is 2. The van der Waals surface area contributed by atoms with Crippen LogP contribution in [0.15, 0.2) is 42.5 Å². The summed E-state index contributed by atoms with van der Waals surface area (Å²) in [6, 6.07) is 12.6. The molecule has 6 nitrogen and oxygen atoms in total. The van der Waals surface area contributed by atoms with E-state index in [9.17, 15) is 13.2 Å². The smallest absolute Gasteiger partial charge is 0.308 e. The summed E-state index contributed by atoms with van der Waals surface area (Å²) in [5, 5.41) is 5.57. The van der Waals surface area contributed by atoms with Crippen LogP contribution in [0, 0.1) is 0 Å². The number of anilines is 3. The van der Waals surface area contributed by atoms with Gasteiger partial charge in [0.2, 0.25) is 10.0 Å². The first-order chi connectivity index (χ1) is 11.9. The number of sulfonamides is 1. The number of hydrogen-bond donors (Lipinski definition) is 2. The second-order valence-electron chi connectivity index (χ2n) is 6.06. The first-order valence-corrected chi connectivity index (χ1v) is 9.99. The molecule has 132 valence electrons.